The highest BCUT2D eigenvalue weighted by molar-refractivity contribution is 5.78. The standard InChI is InChI=1S/C18H25F2NO3/c1-3-4-6-13(2)21-11-9-18(10-12-21,17(22)23)24-16-14(19)7-5-8-15(16)20/h5,7-8,13H,3-4,6,9-12H2,1-2H3,(H,22,23). The summed E-state index contributed by atoms with van der Waals surface area (Å²) in [6, 6.07) is 3.72. The molecule has 134 valence electrons. The highest BCUT2D eigenvalue weighted by Crippen LogP contribution is 2.33. The van der Waals surface area contributed by atoms with Crippen molar-refractivity contribution in [1.29, 1.82) is 0 Å². The first-order valence-electron chi connectivity index (χ1n) is 8.50. The van der Waals surface area contributed by atoms with Crippen LogP contribution < -0.4 is 4.74 Å². The van der Waals surface area contributed by atoms with Crippen molar-refractivity contribution in [1.82, 2.24) is 4.90 Å². The molecule has 2 rings (SSSR count). The van der Waals surface area contributed by atoms with Crippen molar-refractivity contribution in [3.63, 3.8) is 0 Å². The molecule has 4 nitrogen and oxygen atoms in total. The molecule has 1 unspecified atom stereocenters. The van der Waals surface area contributed by atoms with E-state index in [0.29, 0.717) is 19.1 Å². The molecule has 0 amide bonds. The molecular formula is C18H25F2NO3. The molecule has 1 aliphatic heterocycles. The Bertz CT molecular complexity index is 551. The van der Waals surface area contributed by atoms with Gasteiger partial charge >= 0.3 is 5.97 Å². The normalized spacial score (nSPS) is 19.0. The van der Waals surface area contributed by atoms with Gasteiger partial charge in [-0.2, -0.15) is 0 Å². The van der Waals surface area contributed by atoms with Crippen LogP contribution in [0.4, 0.5) is 8.78 Å². The fourth-order valence-electron chi connectivity index (χ4n) is 3.14. The molecular weight excluding hydrogens is 316 g/mol. The van der Waals surface area contributed by atoms with Crippen molar-refractivity contribution in [2.24, 2.45) is 0 Å². The van der Waals surface area contributed by atoms with Gasteiger partial charge in [-0.1, -0.05) is 25.8 Å². The second kappa shape index (κ2) is 7.92. The van der Waals surface area contributed by atoms with Crippen molar-refractivity contribution in [3.8, 4) is 5.75 Å². The van der Waals surface area contributed by atoms with E-state index in [1.165, 1.54) is 6.07 Å². The summed E-state index contributed by atoms with van der Waals surface area (Å²) in [5.41, 5.74) is -1.58. The SMILES string of the molecule is CCCCC(C)N1CCC(Oc2c(F)cccc2F)(C(=O)O)CC1. The van der Waals surface area contributed by atoms with Crippen molar-refractivity contribution in [2.75, 3.05) is 13.1 Å². The van der Waals surface area contributed by atoms with Crippen LogP contribution in [0.1, 0.15) is 46.0 Å². The third kappa shape index (κ3) is 4.04. The number of ether oxygens (including phenoxy) is 1. The number of benzene rings is 1. The summed E-state index contributed by atoms with van der Waals surface area (Å²) in [7, 11) is 0. The molecule has 0 saturated carbocycles. The van der Waals surface area contributed by atoms with Crippen LogP contribution in [0.2, 0.25) is 0 Å². The largest absolute Gasteiger partial charge is 0.478 e. The number of nitrogens with zero attached hydrogens (tertiary/aromatic N) is 1. The lowest BCUT2D eigenvalue weighted by molar-refractivity contribution is -0.160. The van der Waals surface area contributed by atoms with E-state index in [-0.39, 0.29) is 12.8 Å². The number of hydrogen-bond donors (Lipinski definition) is 1. The Balaban J connectivity index is 2.10. The summed E-state index contributed by atoms with van der Waals surface area (Å²) >= 11 is 0. The zero-order valence-corrected chi connectivity index (χ0v) is 14.2. The average molecular weight is 341 g/mol. The highest BCUT2D eigenvalue weighted by Gasteiger charge is 2.45. The van der Waals surface area contributed by atoms with Gasteiger partial charge in [-0.15, -0.1) is 0 Å². The maximum Gasteiger partial charge on any atom is 0.348 e. The van der Waals surface area contributed by atoms with Gasteiger partial charge in [-0.3, -0.25) is 0 Å². The van der Waals surface area contributed by atoms with E-state index in [2.05, 4.69) is 18.7 Å². The van der Waals surface area contributed by atoms with Crippen molar-refractivity contribution in [3.05, 3.63) is 29.8 Å². The maximum atomic E-state index is 13.8. The molecule has 0 spiro atoms. The molecule has 1 heterocycles. The van der Waals surface area contributed by atoms with Crippen molar-refractivity contribution in [2.45, 2.75) is 57.6 Å². The van der Waals surface area contributed by atoms with Crippen LogP contribution in [0.3, 0.4) is 0 Å². The summed E-state index contributed by atoms with van der Waals surface area (Å²) in [5, 5.41) is 9.61. The monoisotopic (exact) mass is 341 g/mol. The number of carboxylic acid groups (broad SMARTS) is 1. The average Bonchev–Trinajstić information content (AvgIpc) is 2.56. The number of likely N-dealkylation sites (tertiary alicyclic amines) is 1. The number of aliphatic carboxylic acids is 1. The number of carbonyl (C=O) groups is 1. The number of rotatable bonds is 7. The Morgan fingerprint density at radius 1 is 1.33 bits per heavy atom. The Morgan fingerprint density at radius 2 is 1.92 bits per heavy atom. The summed E-state index contributed by atoms with van der Waals surface area (Å²) in [6.07, 6.45) is 3.70. The van der Waals surface area contributed by atoms with Gasteiger partial charge in [0, 0.05) is 32.0 Å². The summed E-state index contributed by atoms with van der Waals surface area (Å²) in [6.45, 7) is 5.33. The topological polar surface area (TPSA) is 49.8 Å². The predicted molar refractivity (Wildman–Crippen MR) is 87.1 cm³/mol. The minimum atomic E-state index is -1.58. The Hall–Kier alpha value is -1.69. The van der Waals surface area contributed by atoms with Crippen LogP contribution in [0.25, 0.3) is 0 Å². The van der Waals surface area contributed by atoms with Gasteiger partial charge in [-0.05, 0) is 25.5 Å². The van der Waals surface area contributed by atoms with Crippen LogP contribution >= 0.6 is 0 Å². The first-order chi connectivity index (χ1) is 11.4. The second-order valence-electron chi connectivity index (χ2n) is 6.48. The molecule has 1 aromatic carbocycles. The molecule has 0 aromatic heterocycles. The van der Waals surface area contributed by atoms with E-state index in [4.69, 9.17) is 4.74 Å². The minimum absolute atomic E-state index is 0.201. The molecule has 0 radical (unpaired) electrons. The third-order valence-corrected chi connectivity index (χ3v) is 4.81. The van der Waals surface area contributed by atoms with Crippen LogP contribution in [0.5, 0.6) is 5.75 Å². The molecule has 1 aromatic rings. The van der Waals surface area contributed by atoms with Gasteiger partial charge in [0.25, 0.3) is 0 Å². The predicted octanol–water partition coefficient (Wildman–Crippen LogP) is 3.84. The molecule has 1 saturated heterocycles. The van der Waals surface area contributed by atoms with Crippen molar-refractivity contribution >= 4 is 5.97 Å². The van der Waals surface area contributed by atoms with Gasteiger partial charge in [-0.25, -0.2) is 13.6 Å². The van der Waals surface area contributed by atoms with Crippen LogP contribution in [0, 0.1) is 11.6 Å². The van der Waals surface area contributed by atoms with E-state index in [0.717, 1.165) is 31.4 Å². The summed E-state index contributed by atoms with van der Waals surface area (Å²) < 4.78 is 33.0. The molecule has 0 bridgehead atoms. The lowest BCUT2D eigenvalue weighted by Crippen LogP contribution is -2.55. The van der Waals surface area contributed by atoms with Gasteiger partial charge in [0.05, 0.1) is 0 Å². The molecule has 1 N–H and O–H groups in total. The molecule has 1 fully saturated rings. The zero-order chi connectivity index (χ0) is 17.7. The number of piperidine rings is 1. The van der Waals surface area contributed by atoms with E-state index in [9.17, 15) is 18.7 Å². The maximum absolute atomic E-state index is 13.8. The lowest BCUT2D eigenvalue weighted by atomic mass is 9.90. The van der Waals surface area contributed by atoms with E-state index in [1.807, 2.05) is 0 Å². The molecule has 0 aliphatic carbocycles. The highest BCUT2D eigenvalue weighted by atomic mass is 19.1. The number of para-hydroxylation sites is 1. The van der Waals surface area contributed by atoms with Crippen LogP contribution in [-0.4, -0.2) is 40.7 Å². The number of hydrogen-bond acceptors (Lipinski definition) is 3. The fraction of sp³-hybridized carbons (Fsp3) is 0.611. The van der Waals surface area contributed by atoms with Crippen LogP contribution in [0.15, 0.2) is 18.2 Å². The Kier molecular flexibility index (Phi) is 6.15. The smallest absolute Gasteiger partial charge is 0.348 e. The third-order valence-electron chi connectivity index (χ3n) is 4.81. The molecule has 6 heteroatoms. The van der Waals surface area contributed by atoms with Gasteiger partial charge in [0.1, 0.15) is 0 Å². The van der Waals surface area contributed by atoms with E-state index in [1.54, 1.807) is 0 Å². The van der Waals surface area contributed by atoms with Gasteiger partial charge in [0.15, 0.2) is 17.4 Å². The van der Waals surface area contributed by atoms with E-state index >= 15 is 0 Å². The number of unbranched alkanes of at least 4 members (excludes halogenated alkanes) is 1. The molecule has 24 heavy (non-hydrogen) atoms. The molecule has 1 atom stereocenters. The minimum Gasteiger partial charge on any atom is -0.478 e. The van der Waals surface area contributed by atoms with Crippen LogP contribution in [-0.2, 0) is 4.79 Å². The van der Waals surface area contributed by atoms with E-state index < -0.39 is 29.0 Å². The molecule has 1 aliphatic rings. The first kappa shape index (κ1) is 18.6. The summed E-state index contributed by atoms with van der Waals surface area (Å²) in [4.78, 5) is 14.0. The Labute approximate surface area is 141 Å². The Morgan fingerprint density at radius 3 is 2.42 bits per heavy atom. The van der Waals surface area contributed by atoms with Gasteiger partial charge < -0.3 is 14.7 Å². The zero-order valence-electron chi connectivity index (χ0n) is 14.2. The van der Waals surface area contributed by atoms with Gasteiger partial charge in [0.2, 0.25) is 5.60 Å². The fourth-order valence-corrected chi connectivity index (χ4v) is 3.14. The first-order valence-corrected chi connectivity index (χ1v) is 8.50. The number of halogens is 2. The quantitative estimate of drug-likeness (QED) is 0.819. The second-order valence-corrected chi connectivity index (χ2v) is 6.48. The lowest BCUT2D eigenvalue weighted by Gasteiger charge is -2.41. The summed E-state index contributed by atoms with van der Waals surface area (Å²) in [5.74, 6) is -3.54. The van der Waals surface area contributed by atoms with Crippen molar-refractivity contribution < 1.29 is 23.4 Å². The number of carboxylic acids is 1.